The summed E-state index contributed by atoms with van der Waals surface area (Å²) in [6.07, 6.45) is -2.20. The number of phenols is 1. The molecule has 0 saturated carbocycles. The summed E-state index contributed by atoms with van der Waals surface area (Å²) in [5.41, 5.74) is -0.131. The summed E-state index contributed by atoms with van der Waals surface area (Å²) in [4.78, 5) is 34.2. The smallest absolute Gasteiger partial charge is 0.413 e. The van der Waals surface area contributed by atoms with Gasteiger partial charge in [0, 0.05) is 6.07 Å². The normalized spacial score (nSPS) is 11.2. The number of ether oxygens (including phenoxy) is 3. The molecule has 0 aromatic heterocycles. The van der Waals surface area contributed by atoms with Crippen molar-refractivity contribution in [2.24, 2.45) is 0 Å². The van der Waals surface area contributed by atoms with E-state index in [2.05, 4.69) is 4.74 Å². The summed E-state index contributed by atoms with van der Waals surface area (Å²) in [6, 6.07) is 3.98. The third kappa shape index (κ3) is 4.37. The molecule has 0 spiro atoms. The lowest BCUT2D eigenvalue weighted by atomic mass is 10.2. The minimum Gasteiger partial charge on any atom is -0.507 e. The molecule has 2 amide bonds. The first kappa shape index (κ1) is 16.3. The number of phenolic OH excluding ortho intramolecular Hbond substituents is 1. The molecular weight excluding hydrogens is 282 g/mol. The third-order valence-corrected chi connectivity index (χ3v) is 2.49. The highest BCUT2D eigenvalue weighted by molar-refractivity contribution is 5.98. The van der Waals surface area contributed by atoms with Crippen LogP contribution in [0.4, 0.5) is 4.79 Å². The van der Waals surface area contributed by atoms with Crippen molar-refractivity contribution in [3.63, 3.8) is 0 Å². The number of amides is 2. The SMILES string of the molecule is COC(=O)NC(=O)[C@H](C)OC(=O)c1ccc(OC)cc1O. The van der Waals surface area contributed by atoms with Gasteiger partial charge in [-0.05, 0) is 19.1 Å². The van der Waals surface area contributed by atoms with Gasteiger partial charge in [0.05, 0.1) is 14.2 Å². The molecule has 8 heteroatoms. The van der Waals surface area contributed by atoms with Crippen molar-refractivity contribution < 1.29 is 33.7 Å². The van der Waals surface area contributed by atoms with E-state index in [1.165, 1.54) is 32.2 Å². The number of aromatic hydroxyl groups is 1. The molecule has 0 radical (unpaired) electrons. The van der Waals surface area contributed by atoms with Gasteiger partial charge in [-0.15, -0.1) is 0 Å². The van der Waals surface area contributed by atoms with E-state index in [9.17, 15) is 19.5 Å². The van der Waals surface area contributed by atoms with Crippen molar-refractivity contribution in [3.05, 3.63) is 23.8 Å². The minimum atomic E-state index is -1.24. The summed E-state index contributed by atoms with van der Waals surface area (Å²) in [5.74, 6) is -1.74. The van der Waals surface area contributed by atoms with Crippen LogP contribution < -0.4 is 10.1 Å². The molecule has 0 heterocycles. The van der Waals surface area contributed by atoms with Gasteiger partial charge in [0.1, 0.15) is 17.1 Å². The van der Waals surface area contributed by atoms with Gasteiger partial charge in [0.15, 0.2) is 6.10 Å². The number of esters is 1. The topological polar surface area (TPSA) is 111 Å². The van der Waals surface area contributed by atoms with Crippen molar-refractivity contribution in [3.8, 4) is 11.5 Å². The second-order valence-corrected chi connectivity index (χ2v) is 3.91. The van der Waals surface area contributed by atoms with Crippen LogP contribution in [0.3, 0.4) is 0 Å². The summed E-state index contributed by atoms with van der Waals surface area (Å²) in [6.45, 7) is 1.27. The molecule has 0 unspecified atom stereocenters. The van der Waals surface area contributed by atoms with Crippen LogP contribution in [0.15, 0.2) is 18.2 Å². The zero-order chi connectivity index (χ0) is 16.0. The number of imide groups is 1. The lowest BCUT2D eigenvalue weighted by Crippen LogP contribution is -2.39. The molecular formula is C13H15NO7. The fourth-order valence-corrected chi connectivity index (χ4v) is 1.34. The standard InChI is InChI=1S/C13H15NO7/c1-7(11(16)14-13(18)20-3)21-12(17)9-5-4-8(19-2)6-10(9)15/h4-7,15H,1-3H3,(H,14,16,18)/t7-/m0/s1. The van der Waals surface area contributed by atoms with Gasteiger partial charge in [0.25, 0.3) is 5.91 Å². The predicted octanol–water partition coefficient (Wildman–Crippen LogP) is 0.829. The average molecular weight is 297 g/mol. The highest BCUT2D eigenvalue weighted by atomic mass is 16.6. The van der Waals surface area contributed by atoms with E-state index < -0.39 is 24.1 Å². The number of benzene rings is 1. The van der Waals surface area contributed by atoms with Crippen molar-refractivity contribution >= 4 is 18.0 Å². The van der Waals surface area contributed by atoms with Crippen molar-refractivity contribution in [2.75, 3.05) is 14.2 Å². The number of hydrogen-bond donors (Lipinski definition) is 2. The Morgan fingerprint density at radius 3 is 2.43 bits per heavy atom. The quantitative estimate of drug-likeness (QED) is 0.792. The van der Waals surface area contributed by atoms with Crippen LogP contribution in [-0.2, 0) is 14.3 Å². The van der Waals surface area contributed by atoms with E-state index in [1.54, 1.807) is 0 Å². The van der Waals surface area contributed by atoms with Crippen LogP contribution in [0.2, 0.25) is 0 Å². The lowest BCUT2D eigenvalue weighted by Gasteiger charge is -2.13. The Kier molecular flexibility index (Phi) is 5.53. The monoisotopic (exact) mass is 297 g/mol. The van der Waals surface area contributed by atoms with Crippen LogP contribution in [0.25, 0.3) is 0 Å². The van der Waals surface area contributed by atoms with Gasteiger partial charge in [-0.3, -0.25) is 10.1 Å². The second-order valence-electron chi connectivity index (χ2n) is 3.91. The third-order valence-electron chi connectivity index (χ3n) is 2.49. The largest absolute Gasteiger partial charge is 0.507 e. The van der Waals surface area contributed by atoms with Gasteiger partial charge in [0.2, 0.25) is 0 Å². The molecule has 0 aliphatic heterocycles. The second kappa shape index (κ2) is 7.13. The molecule has 0 saturated heterocycles. The number of methoxy groups -OCH3 is 2. The Labute approximate surface area is 120 Å². The average Bonchev–Trinajstić information content (AvgIpc) is 2.46. The maximum Gasteiger partial charge on any atom is 0.413 e. The number of alkyl carbamates (subject to hydrolysis) is 1. The molecule has 1 atom stereocenters. The number of nitrogens with one attached hydrogen (secondary N) is 1. The highest BCUT2D eigenvalue weighted by Crippen LogP contribution is 2.24. The number of hydrogen-bond acceptors (Lipinski definition) is 7. The molecule has 0 fully saturated rings. The summed E-state index contributed by atoms with van der Waals surface area (Å²) in [7, 11) is 2.50. The van der Waals surface area contributed by atoms with Crippen molar-refractivity contribution in [1.82, 2.24) is 5.32 Å². The molecule has 114 valence electrons. The molecule has 2 N–H and O–H groups in total. The summed E-state index contributed by atoms with van der Waals surface area (Å²) >= 11 is 0. The number of rotatable bonds is 4. The number of carbonyl (C=O) groups excluding carboxylic acids is 3. The first-order chi connectivity index (χ1) is 9.88. The molecule has 1 rings (SSSR count). The Morgan fingerprint density at radius 2 is 1.90 bits per heavy atom. The Morgan fingerprint density at radius 1 is 1.24 bits per heavy atom. The van der Waals surface area contributed by atoms with Crippen LogP contribution in [0, 0.1) is 0 Å². The first-order valence-corrected chi connectivity index (χ1v) is 5.85. The van der Waals surface area contributed by atoms with Gasteiger partial charge >= 0.3 is 12.1 Å². The maximum absolute atomic E-state index is 11.8. The van der Waals surface area contributed by atoms with E-state index in [0.29, 0.717) is 5.75 Å². The molecule has 8 nitrogen and oxygen atoms in total. The van der Waals surface area contributed by atoms with Crippen molar-refractivity contribution in [1.29, 1.82) is 0 Å². The van der Waals surface area contributed by atoms with Crippen molar-refractivity contribution in [2.45, 2.75) is 13.0 Å². The predicted molar refractivity (Wildman–Crippen MR) is 70.1 cm³/mol. The van der Waals surface area contributed by atoms with E-state index in [4.69, 9.17) is 9.47 Å². The van der Waals surface area contributed by atoms with E-state index >= 15 is 0 Å². The fourth-order valence-electron chi connectivity index (χ4n) is 1.34. The van der Waals surface area contributed by atoms with E-state index in [-0.39, 0.29) is 11.3 Å². The van der Waals surface area contributed by atoms with Gasteiger partial charge < -0.3 is 19.3 Å². The Balaban J connectivity index is 2.72. The molecule has 0 aliphatic carbocycles. The summed E-state index contributed by atoms with van der Waals surface area (Å²) in [5, 5.41) is 11.5. The van der Waals surface area contributed by atoms with Gasteiger partial charge in [-0.2, -0.15) is 0 Å². The van der Waals surface area contributed by atoms with Crippen LogP contribution in [-0.4, -0.2) is 43.4 Å². The molecule has 0 bridgehead atoms. The summed E-state index contributed by atoms with van der Waals surface area (Å²) < 4.78 is 14.0. The fraction of sp³-hybridized carbons (Fsp3) is 0.308. The molecule has 1 aromatic rings. The maximum atomic E-state index is 11.8. The van der Waals surface area contributed by atoms with Crippen LogP contribution >= 0.6 is 0 Å². The molecule has 21 heavy (non-hydrogen) atoms. The minimum absolute atomic E-state index is 0.131. The molecule has 0 aliphatic rings. The molecule has 1 aromatic carbocycles. The van der Waals surface area contributed by atoms with Gasteiger partial charge in [-0.1, -0.05) is 0 Å². The van der Waals surface area contributed by atoms with Gasteiger partial charge in [-0.25, -0.2) is 9.59 Å². The lowest BCUT2D eigenvalue weighted by molar-refractivity contribution is -0.128. The zero-order valence-electron chi connectivity index (χ0n) is 11.7. The first-order valence-electron chi connectivity index (χ1n) is 5.85. The van der Waals surface area contributed by atoms with E-state index in [1.807, 2.05) is 5.32 Å². The highest BCUT2D eigenvalue weighted by Gasteiger charge is 2.22. The Hall–Kier alpha value is -2.77. The van der Waals surface area contributed by atoms with Crippen LogP contribution in [0.1, 0.15) is 17.3 Å². The Bertz CT molecular complexity index is 555. The van der Waals surface area contributed by atoms with E-state index in [0.717, 1.165) is 7.11 Å². The zero-order valence-corrected chi connectivity index (χ0v) is 11.7. The number of carbonyl (C=O) groups is 3. The van der Waals surface area contributed by atoms with Crippen LogP contribution in [0.5, 0.6) is 11.5 Å².